The molecule has 0 aromatic rings. The van der Waals surface area contributed by atoms with Crippen LogP contribution in [0.1, 0.15) is 149 Å². The van der Waals surface area contributed by atoms with Gasteiger partial charge in [-0.15, -0.1) is 0 Å². The first-order valence-electron chi connectivity index (χ1n) is 25.6. The van der Waals surface area contributed by atoms with E-state index in [0.717, 1.165) is 63.5 Å². The fraction of sp³-hybridized carbons (Fsp3) is 0.706. The van der Waals surface area contributed by atoms with Crippen LogP contribution in [0.3, 0.4) is 0 Å². The number of unbranched alkanes of at least 4 members (excludes halogenated alkanes) is 8. The second-order valence-corrected chi connectivity index (χ2v) is 20.9. The number of rotatable bonds is 25. The van der Waals surface area contributed by atoms with Gasteiger partial charge in [-0.1, -0.05) is 125 Å². The first-order chi connectivity index (χ1) is 34.3. The second kappa shape index (κ2) is 36.9. The number of aliphatic hydroxyl groups excluding tert-OH is 6. The van der Waals surface area contributed by atoms with Gasteiger partial charge in [-0.3, -0.25) is 28.0 Å². The highest BCUT2D eigenvalue weighted by Gasteiger charge is 2.51. The van der Waals surface area contributed by atoms with Crippen molar-refractivity contribution in [1.82, 2.24) is 0 Å². The van der Waals surface area contributed by atoms with Crippen LogP contribution in [-0.2, 0) is 46.6 Å². The van der Waals surface area contributed by atoms with Crippen LogP contribution in [0.25, 0.3) is 0 Å². The summed E-state index contributed by atoms with van der Waals surface area (Å²) in [6.07, 6.45) is 14.1. The molecule has 1 aliphatic carbocycles. The minimum Gasteiger partial charge on any atom is -0.462 e. The number of carbonyl (C=O) groups is 3. The molecule has 0 spiro atoms. The maximum absolute atomic E-state index is 13.8. The summed E-state index contributed by atoms with van der Waals surface area (Å²) >= 11 is 0. The van der Waals surface area contributed by atoms with Gasteiger partial charge in [0.1, 0.15) is 36.8 Å². The lowest BCUT2D eigenvalue weighted by Gasteiger charge is -2.38. The summed E-state index contributed by atoms with van der Waals surface area (Å²) < 4.78 is 52.2. The van der Waals surface area contributed by atoms with E-state index in [-0.39, 0.29) is 38.5 Å². The standard InChI is InChI=1S/C51H84O19P2/c1-3-5-7-8-9-10-11-12-13-14-15-16-17-18-19-20-21-22-28-32-45(56)68-39-36-66-44(55)31-27-24-23-26-30-40-42(53)35-43(54)41(34-33-38(52)29-25-6-4-2)47(58)50(69-71(61,62)63)51(49(60)48(59)46(40)57)70-72(64,65)67-37-39/h9-10,12-13,15-16,18-19,23,26,33-34,38-41,43,46-52,54,57-60H,3-8,11,14,17,20-22,24-25,27-32,35-37H2,1-2H3,(H,64,65)(H2,61,62,63)/b10-9-,13-12-,16-15-,19-18-,26-23-,34-33+/t38-,39+,40-,41-,43+,46+,47+,48-,49+,50+,51-/m0/s1. The topological polar surface area (TPSA) is 314 Å². The van der Waals surface area contributed by atoms with E-state index in [1.54, 1.807) is 6.08 Å². The van der Waals surface area contributed by atoms with Crippen LogP contribution in [0.15, 0.2) is 72.9 Å². The van der Waals surface area contributed by atoms with Gasteiger partial charge in [-0.05, 0) is 77.0 Å². The van der Waals surface area contributed by atoms with Gasteiger partial charge in [-0.2, -0.15) is 0 Å². The molecule has 0 saturated heterocycles. The Morgan fingerprint density at radius 3 is 2.04 bits per heavy atom. The van der Waals surface area contributed by atoms with Gasteiger partial charge in [0.2, 0.25) is 0 Å². The Hall–Kier alpha value is -2.97. The fourth-order valence-corrected chi connectivity index (χ4v) is 9.53. The predicted molar refractivity (Wildman–Crippen MR) is 270 cm³/mol. The van der Waals surface area contributed by atoms with Crippen LogP contribution in [0.5, 0.6) is 0 Å². The van der Waals surface area contributed by atoms with E-state index in [9.17, 15) is 68.8 Å². The number of carbonyl (C=O) groups excluding carboxylic acids is 3. The SMILES string of the molecule is CCCCC/C=C\C/C=C\C/C=C\C/C=C\CCCCCC(=O)O[C@@H]1COC(=O)CCC/C=C\C[C@H]2C(=O)C[C@@H](O)[C@H](/C=C/[C@@H](O)CCCCC)[C@@H](O)[C@@H](OP(=O)(O)O)[C@@H](OP(=O)(O)OC1)[C@H](O)[C@@H](O)[C@@H]2O. The van der Waals surface area contributed by atoms with Crippen LogP contribution in [0, 0.1) is 11.8 Å². The van der Waals surface area contributed by atoms with E-state index < -0.39 is 120 Å². The summed E-state index contributed by atoms with van der Waals surface area (Å²) in [5.41, 5.74) is 0. The molecule has 0 aromatic heterocycles. The van der Waals surface area contributed by atoms with Crippen LogP contribution < -0.4 is 0 Å². The first kappa shape index (κ1) is 65.1. The number of ketones is 1. The average molecular weight is 1060 g/mol. The molecule has 0 amide bonds. The Morgan fingerprint density at radius 1 is 0.806 bits per heavy atom. The van der Waals surface area contributed by atoms with E-state index in [0.29, 0.717) is 19.3 Å². The molecular weight excluding hydrogens is 978 g/mol. The van der Waals surface area contributed by atoms with Gasteiger partial charge in [0, 0.05) is 31.1 Å². The van der Waals surface area contributed by atoms with Crippen molar-refractivity contribution in [1.29, 1.82) is 0 Å². The minimum atomic E-state index is -5.79. The molecule has 2 rings (SSSR count). The summed E-state index contributed by atoms with van der Waals surface area (Å²) in [6.45, 7) is 2.49. The van der Waals surface area contributed by atoms with Gasteiger partial charge in [0.25, 0.3) is 0 Å². The highest BCUT2D eigenvalue weighted by molar-refractivity contribution is 7.47. The van der Waals surface area contributed by atoms with E-state index in [1.807, 2.05) is 6.92 Å². The normalized spacial score (nSPS) is 30.2. The number of hydrogen-bond donors (Lipinski definition) is 9. The lowest BCUT2D eigenvalue weighted by molar-refractivity contribution is -0.164. The first-order valence-corrected chi connectivity index (χ1v) is 28.6. The molecule has 1 aliphatic heterocycles. The number of ether oxygens (including phenoxy) is 2. The van der Waals surface area contributed by atoms with Gasteiger partial charge in [0.05, 0.1) is 31.0 Å². The summed E-state index contributed by atoms with van der Waals surface area (Å²) in [7, 11) is -11.5. The molecule has 0 aromatic carbocycles. The molecule has 2 aliphatic rings. The number of phosphoric acid groups is 2. The Kier molecular flexibility index (Phi) is 33.4. The molecule has 12 atom stereocenters. The number of fused-ring (bicyclic) bond motifs is 4. The van der Waals surface area contributed by atoms with Crippen LogP contribution in [-0.4, -0.2) is 131 Å². The van der Waals surface area contributed by atoms with Crippen LogP contribution in [0.2, 0.25) is 0 Å². The minimum absolute atomic E-state index is 0.0762. The Balaban J connectivity index is 2.28. The van der Waals surface area contributed by atoms with Crippen LogP contribution in [0.4, 0.5) is 0 Å². The van der Waals surface area contributed by atoms with Crippen molar-refractivity contribution in [2.45, 2.75) is 204 Å². The van der Waals surface area contributed by atoms with Gasteiger partial charge in [0.15, 0.2) is 6.10 Å². The van der Waals surface area contributed by atoms with Gasteiger partial charge < -0.3 is 54.8 Å². The Bertz CT molecular complexity index is 1830. The van der Waals surface area contributed by atoms with E-state index in [2.05, 4.69) is 55.5 Å². The number of phosphoric ester groups is 2. The van der Waals surface area contributed by atoms with Gasteiger partial charge >= 0.3 is 27.6 Å². The fourth-order valence-electron chi connectivity index (χ4n) is 8.00. The maximum Gasteiger partial charge on any atom is 0.472 e. The zero-order valence-electron chi connectivity index (χ0n) is 42.0. The highest BCUT2D eigenvalue weighted by Crippen LogP contribution is 2.49. The van der Waals surface area contributed by atoms with E-state index in [4.69, 9.17) is 23.0 Å². The van der Waals surface area contributed by atoms with Crippen molar-refractivity contribution in [2.75, 3.05) is 13.2 Å². The molecule has 1 saturated carbocycles. The van der Waals surface area contributed by atoms with Crippen molar-refractivity contribution in [3.05, 3.63) is 72.9 Å². The zero-order chi connectivity index (χ0) is 53.4. The predicted octanol–water partition coefficient (Wildman–Crippen LogP) is 6.98. The largest absolute Gasteiger partial charge is 0.472 e. The molecule has 19 nitrogen and oxygen atoms in total. The molecule has 9 N–H and O–H groups in total. The van der Waals surface area contributed by atoms with Crippen molar-refractivity contribution in [3.8, 4) is 0 Å². The number of Topliss-reactive ketones (excluding diaryl/α,β-unsaturated/α-hetero) is 1. The summed E-state index contributed by atoms with van der Waals surface area (Å²) in [5, 5.41) is 68.2. The molecule has 0 radical (unpaired) electrons. The highest BCUT2D eigenvalue weighted by atomic mass is 31.2. The Labute approximate surface area is 425 Å². The Morgan fingerprint density at radius 2 is 1.42 bits per heavy atom. The van der Waals surface area contributed by atoms with E-state index in [1.165, 1.54) is 25.3 Å². The zero-order valence-corrected chi connectivity index (χ0v) is 43.8. The number of hydrogen-bond acceptors (Lipinski definition) is 16. The summed E-state index contributed by atoms with van der Waals surface area (Å²) in [5.74, 6) is -5.74. The molecular formula is C51H84O19P2. The van der Waals surface area contributed by atoms with E-state index >= 15 is 0 Å². The lowest BCUT2D eigenvalue weighted by atomic mass is 9.84. The summed E-state index contributed by atoms with van der Waals surface area (Å²) in [4.78, 5) is 70.5. The van der Waals surface area contributed by atoms with Crippen molar-refractivity contribution < 1.29 is 91.9 Å². The third-order valence-corrected chi connectivity index (χ3v) is 13.6. The summed E-state index contributed by atoms with van der Waals surface area (Å²) in [6, 6.07) is 0. The molecule has 21 heteroatoms. The van der Waals surface area contributed by atoms with Crippen molar-refractivity contribution in [2.24, 2.45) is 11.8 Å². The van der Waals surface area contributed by atoms with Crippen molar-refractivity contribution in [3.63, 3.8) is 0 Å². The molecule has 1 heterocycles. The molecule has 72 heavy (non-hydrogen) atoms. The monoisotopic (exact) mass is 1060 g/mol. The third kappa shape index (κ3) is 28.1. The van der Waals surface area contributed by atoms with Gasteiger partial charge in [-0.25, -0.2) is 9.13 Å². The lowest BCUT2D eigenvalue weighted by Crippen LogP contribution is -2.56. The average Bonchev–Trinajstić information content (AvgIpc) is 3.32. The number of cyclic esters (lactones) is 1. The molecule has 2 bridgehead atoms. The van der Waals surface area contributed by atoms with Crippen LogP contribution >= 0.6 is 15.6 Å². The van der Waals surface area contributed by atoms with Crippen molar-refractivity contribution >= 4 is 33.4 Å². The number of allylic oxidation sites excluding steroid dienone is 10. The molecule has 412 valence electrons. The maximum atomic E-state index is 13.8. The quantitative estimate of drug-likeness (QED) is 0.0193. The number of esters is 2. The third-order valence-electron chi connectivity index (χ3n) is 12.1. The molecule has 1 fully saturated rings. The number of aliphatic hydroxyl groups is 6. The second-order valence-electron chi connectivity index (χ2n) is 18.3. The molecule has 1 unspecified atom stereocenters. The smallest absolute Gasteiger partial charge is 0.462 e.